The van der Waals surface area contributed by atoms with Crippen LogP contribution in [0.5, 0.6) is 5.75 Å². The highest BCUT2D eigenvalue weighted by Crippen LogP contribution is 2.45. The summed E-state index contributed by atoms with van der Waals surface area (Å²) in [6.45, 7) is 3.16. The lowest BCUT2D eigenvalue weighted by Crippen LogP contribution is -2.44. The average Bonchev–Trinajstić information content (AvgIpc) is 3.62. The average molecular weight is 531 g/mol. The quantitative estimate of drug-likeness (QED) is 0.470. The van der Waals surface area contributed by atoms with Crippen LogP contribution in [-0.4, -0.2) is 46.2 Å². The van der Waals surface area contributed by atoms with E-state index in [2.05, 4.69) is 32.4 Å². The Morgan fingerprint density at radius 3 is 2.84 bits per heavy atom. The summed E-state index contributed by atoms with van der Waals surface area (Å²) in [5, 5.41) is 7.23. The number of aryl methyl sites for hydroxylation is 1. The summed E-state index contributed by atoms with van der Waals surface area (Å²) in [5.74, 6) is -1.64. The van der Waals surface area contributed by atoms with Gasteiger partial charge in [-0.1, -0.05) is 24.9 Å². The highest BCUT2D eigenvalue weighted by atomic mass is 35.5. The van der Waals surface area contributed by atoms with E-state index in [0.29, 0.717) is 45.0 Å². The van der Waals surface area contributed by atoms with Crippen LogP contribution in [0.15, 0.2) is 29.2 Å². The molecule has 2 N–H and O–H groups in total. The van der Waals surface area contributed by atoms with E-state index in [0.717, 1.165) is 38.8 Å². The first-order valence-corrected chi connectivity index (χ1v) is 13.1. The standard InChI is InChI=1S/C26H29ClF2N6O2/c1-3-14-8-9-35(12-14)25-30-11-18(27)23(33-25)31-16-6-7-19-17(10-16)20-21(24(36)34(19)2)37-13-26(28,29)22(32-20)15-4-5-15/h6-7,10-11,14-15,22,32H,3-5,8-9,12-13H2,1-2H3,(H,30,31,33)/t14?,22-/m0/s1. The van der Waals surface area contributed by atoms with Gasteiger partial charge in [0.2, 0.25) is 11.7 Å². The number of fused-ring (bicyclic) bond motifs is 3. The van der Waals surface area contributed by atoms with Crippen LogP contribution >= 0.6 is 11.6 Å². The Morgan fingerprint density at radius 1 is 1.30 bits per heavy atom. The molecule has 196 valence electrons. The van der Waals surface area contributed by atoms with Crippen molar-refractivity contribution in [2.24, 2.45) is 18.9 Å². The lowest BCUT2D eigenvalue weighted by Gasteiger charge is -2.25. The van der Waals surface area contributed by atoms with Crippen molar-refractivity contribution in [2.75, 3.05) is 35.2 Å². The topological polar surface area (TPSA) is 84.3 Å². The summed E-state index contributed by atoms with van der Waals surface area (Å²) in [7, 11) is 1.61. The molecular formula is C26H29ClF2N6O2. The minimum absolute atomic E-state index is 0.0863. The fourth-order valence-electron chi connectivity index (χ4n) is 5.37. The molecule has 1 saturated heterocycles. The Bertz CT molecular complexity index is 1430. The molecule has 0 spiro atoms. The number of hydrogen-bond donors (Lipinski definition) is 2. The minimum atomic E-state index is -3.09. The van der Waals surface area contributed by atoms with Gasteiger partial charge in [0.1, 0.15) is 5.02 Å². The minimum Gasteiger partial charge on any atom is -0.480 e. The highest BCUT2D eigenvalue weighted by Gasteiger charge is 2.51. The predicted octanol–water partition coefficient (Wildman–Crippen LogP) is 5.18. The normalized spacial score (nSPS) is 22.8. The van der Waals surface area contributed by atoms with Gasteiger partial charge in [0.25, 0.3) is 5.56 Å². The number of rotatable bonds is 5. The maximum atomic E-state index is 14.9. The van der Waals surface area contributed by atoms with Crippen LogP contribution < -0.4 is 25.8 Å². The van der Waals surface area contributed by atoms with E-state index in [1.807, 2.05) is 0 Å². The zero-order chi connectivity index (χ0) is 25.9. The maximum Gasteiger partial charge on any atom is 0.301 e. The number of alkyl halides is 2. The number of nitrogens with zero attached hydrogens (tertiary/aromatic N) is 4. The summed E-state index contributed by atoms with van der Waals surface area (Å²) in [6, 6.07) is 4.29. The summed E-state index contributed by atoms with van der Waals surface area (Å²) in [5.41, 5.74) is 1.09. The summed E-state index contributed by atoms with van der Waals surface area (Å²) in [6.07, 6.45) is 5.26. The van der Waals surface area contributed by atoms with Crippen molar-refractivity contribution in [1.82, 2.24) is 14.5 Å². The molecule has 2 aromatic heterocycles. The first-order valence-electron chi connectivity index (χ1n) is 12.7. The second-order valence-electron chi connectivity index (χ2n) is 10.3. The number of hydrogen-bond acceptors (Lipinski definition) is 7. The van der Waals surface area contributed by atoms with E-state index in [1.54, 1.807) is 31.4 Å². The molecule has 2 atom stereocenters. The molecule has 1 saturated carbocycles. The number of nitrogens with one attached hydrogen (secondary N) is 2. The van der Waals surface area contributed by atoms with Crippen molar-refractivity contribution in [3.63, 3.8) is 0 Å². The van der Waals surface area contributed by atoms with E-state index in [9.17, 15) is 13.6 Å². The van der Waals surface area contributed by atoms with Gasteiger partial charge in [0.15, 0.2) is 12.4 Å². The van der Waals surface area contributed by atoms with E-state index in [1.165, 1.54) is 4.57 Å². The SMILES string of the molecule is CCC1CCN(c2ncc(Cl)c(Nc3ccc4c(c3)c3c(c(=O)n4C)OCC(F)(F)[C@H](C4CC4)N3)n2)C1. The molecule has 0 bridgehead atoms. The van der Waals surface area contributed by atoms with Gasteiger partial charge in [-0.05, 0) is 49.3 Å². The van der Waals surface area contributed by atoms with Crippen LogP contribution in [0, 0.1) is 11.8 Å². The first kappa shape index (κ1) is 24.2. The molecule has 3 aliphatic rings. The second kappa shape index (κ2) is 9.01. The predicted molar refractivity (Wildman–Crippen MR) is 141 cm³/mol. The van der Waals surface area contributed by atoms with Crippen molar-refractivity contribution in [1.29, 1.82) is 0 Å². The molecule has 1 aromatic carbocycles. The zero-order valence-electron chi connectivity index (χ0n) is 20.7. The number of halogens is 3. The Morgan fingerprint density at radius 2 is 2.11 bits per heavy atom. The fourth-order valence-corrected chi connectivity index (χ4v) is 5.51. The van der Waals surface area contributed by atoms with Gasteiger partial charge in [-0.3, -0.25) is 4.79 Å². The van der Waals surface area contributed by atoms with E-state index >= 15 is 0 Å². The van der Waals surface area contributed by atoms with Gasteiger partial charge in [0.05, 0.1) is 23.4 Å². The third-order valence-electron chi connectivity index (χ3n) is 7.75. The van der Waals surface area contributed by atoms with Crippen molar-refractivity contribution in [3.8, 4) is 5.75 Å². The molecule has 2 aliphatic heterocycles. The molecule has 8 nitrogen and oxygen atoms in total. The molecule has 0 radical (unpaired) electrons. The van der Waals surface area contributed by atoms with Crippen LogP contribution in [-0.2, 0) is 7.05 Å². The Labute approximate surface area is 218 Å². The van der Waals surface area contributed by atoms with Crippen molar-refractivity contribution < 1.29 is 13.5 Å². The van der Waals surface area contributed by atoms with Crippen molar-refractivity contribution in [2.45, 2.75) is 44.6 Å². The van der Waals surface area contributed by atoms with Gasteiger partial charge in [-0.15, -0.1) is 0 Å². The maximum absolute atomic E-state index is 14.9. The van der Waals surface area contributed by atoms with Crippen molar-refractivity contribution >= 4 is 45.6 Å². The van der Waals surface area contributed by atoms with Crippen LogP contribution in [0.1, 0.15) is 32.6 Å². The fraction of sp³-hybridized carbons (Fsp3) is 0.500. The van der Waals surface area contributed by atoms with Crippen LogP contribution in [0.25, 0.3) is 10.9 Å². The van der Waals surface area contributed by atoms with Crippen LogP contribution in [0.2, 0.25) is 5.02 Å². The Kier molecular flexibility index (Phi) is 5.89. The number of benzene rings is 1. The molecule has 37 heavy (non-hydrogen) atoms. The van der Waals surface area contributed by atoms with Gasteiger partial charge < -0.3 is 24.8 Å². The summed E-state index contributed by atoms with van der Waals surface area (Å²) in [4.78, 5) is 24.3. The van der Waals surface area contributed by atoms with E-state index in [4.69, 9.17) is 16.3 Å². The van der Waals surface area contributed by atoms with Gasteiger partial charge in [0, 0.05) is 31.2 Å². The first-order chi connectivity index (χ1) is 17.7. The summed E-state index contributed by atoms with van der Waals surface area (Å²) < 4.78 is 36.7. The number of aromatic nitrogens is 3. The third kappa shape index (κ3) is 4.35. The molecular weight excluding hydrogens is 502 g/mol. The Hall–Kier alpha value is -3.14. The van der Waals surface area contributed by atoms with Crippen LogP contribution in [0.3, 0.4) is 0 Å². The third-order valence-corrected chi connectivity index (χ3v) is 8.03. The van der Waals surface area contributed by atoms with Crippen molar-refractivity contribution in [3.05, 3.63) is 39.8 Å². The summed E-state index contributed by atoms with van der Waals surface area (Å²) >= 11 is 6.44. The highest BCUT2D eigenvalue weighted by molar-refractivity contribution is 6.32. The van der Waals surface area contributed by atoms with E-state index < -0.39 is 24.1 Å². The Balaban J connectivity index is 1.38. The molecule has 3 aromatic rings. The number of ether oxygens (including phenoxy) is 1. The lowest BCUT2D eigenvalue weighted by atomic mass is 10.0. The molecule has 1 aliphatic carbocycles. The molecule has 1 unspecified atom stereocenters. The molecule has 4 heterocycles. The molecule has 6 rings (SSSR count). The van der Waals surface area contributed by atoms with Gasteiger partial charge >= 0.3 is 5.92 Å². The van der Waals surface area contributed by atoms with Gasteiger partial charge in [-0.25, -0.2) is 13.8 Å². The number of pyridine rings is 1. The lowest BCUT2D eigenvalue weighted by molar-refractivity contribution is -0.0579. The second-order valence-corrected chi connectivity index (χ2v) is 10.7. The van der Waals surface area contributed by atoms with Gasteiger partial charge in [-0.2, -0.15) is 4.98 Å². The largest absolute Gasteiger partial charge is 0.480 e. The molecule has 0 amide bonds. The molecule has 11 heteroatoms. The zero-order valence-corrected chi connectivity index (χ0v) is 21.5. The molecule has 2 fully saturated rings. The van der Waals surface area contributed by atoms with Crippen LogP contribution in [0.4, 0.5) is 31.9 Å². The smallest absolute Gasteiger partial charge is 0.301 e. The van der Waals surface area contributed by atoms with E-state index in [-0.39, 0.29) is 11.7 Å². The monoisotopic (exact) mass is 530 g/mol. The number of anilines is 4.